The average Bonchev–Trinajstić information content (AvgIpc) is 2.68. The molecule has 0 saturated heterocycles. The van der Waals surface area contributed by atoms with Crippen LogP contribution in [0.1, 0.15) is 6.92 Å². The third kappa shape index (κ3) is 5.90. The lowest BCUT2D eigenvalue weighted by molar-refractivity contribution is 0.224. The molecule has 3 nitrogen and oxygen atoms in total. The van der Waals surface area contributed by atoms with Crippen LogP contribution >= 0.6 is 0 Å². The van der Waals surface area contributed by atoms with Crippen LogP contribution in [0.15, 0.2) is 84.7 Å². The number of benzene rings is 1. The molecule has 7 heteroatoms. The molecule has 0 fully saturated rings. The zero-order valence-corrected chi connectivity index (χ0v) is 15.3. The van der Waals surface area contributed by atoms with Gasteiger partial charge in [-0.25, -0.2) is 4.39 Å². The van der Waals surface area contributed by atoms with Crippen molar-refractivity contribution in [1.29, 1.82) is 0 Å². The second kappa shape index (κ2) is 10.2. The van der Waals surface area contributed by atoms with E-state index in [1.54, 1.807) is 6.92 Å². The molecule has 0 unspecified atom stereocenters. The van der Waals surface area contributed by atoms with Crippen molar-refractivity contribution >= 4 is 0 Å². The molecule has 0 saturated carbocycles. The van der Waals surface area contributed by atoms with Gasteiger partial charge in [0.1, 0.15) is 6.61 Å². The van der Waals surface area contributed by atoms with E-state index in [1.807, 2.05) is 0 Å². The molecular formula is C21H20F4O3. The standard InChI is InChI=1S/C21H20F4O3/c1-6-27-15(5)19(23)18(22)14(4)13(3)8-7-12(2)11-28-17-10-9-16(26)20(24)21(17)25/h7-10,26H,2-6,11H2,1H3/b8-7-,19-18-. The van der Waals surface area contributed by atoms with Crippen LogP contribution in [-0.2, 0) is 4.74 Å². The number of allylic oxidation sites excluding steroid dienone is 5. The number of halogens is 4. The number of hydrogen-bond acceptors (Lipinski definition) is 3. The minimum Gasteiger partial charge on any atom is -0.505 e. The third-order valence-corrected chi connectivity index (χ3v) is 3.37. The van der Waals surface area contributed by atoms with Gasteiger partial charge in [-0.2, -0.15) is 13.2 Å². The smallest absolute Gasteiger partial charge is 0.204 e. The summed E-state index contributed by atoms with van der Waals surface area (Å²) in [4.78, 5) is 0. The molecular weight excluding hydrogens is 376 g/mol. The van der Waals surface area contributed by atoms with E-state index in [-0.39, 0.29) is 24.4 Å². The number of aromatic hydroxyl groups is 1. The van der Waals surface area contributed by atoms with Crippen molar-refractivity contribution < 1.29 is 32.1 Å². The lowest BCUT2D eigenvalue weighted by atomic mass is 10.1. The number of ether oxygens (including phenoxy) is 2. The van der Waals surface area contributed by atoms with Gasteiger partial charge in [-0.15, -0.1) is 0 Å². The van der Waals surface area contributed by atoms with Crippen molar-refractivity contribution in [2.75, 3.05) is 13.2 Å². The first-order valence-electron chi connectivity index (χ1n) is 8.01. The summed E-state index contributed by atoms with van der Waals surface area (Å²) in [6.45, 7) is 15.4. The maximum Gasteiger partial charge on any atom is 0.204 e. The van der Waals surface area contributed by atoms with E-state index >= 15 is 0 Å². The molecule has 150 valence electrons. The fraction of sp³-hybridized carbons (Fsp3) is 0.143. The van der Waals surface area contributed by atoms with Crippen LogP contribution in [0.2, 0.25) is 0 Å². The van der Waals surface area contributed by atoms with Crippen molar-refractivity contribution in [2.24, 2.45) is 0 Å². The molecule has 0 radical (unpaired) electrons. The van der Waals surface area contributed by atoms with Crippen LogP contribution in [0.4, 0.5) is 17.6 Å². The quantitative estimate of drug-likeness (QED) is 0.301. The lowest BCUT2D eigenvalue weighted by Crippen LogP contribution is -2.02. The van der Waals surface area contributed by atoms with Crippen LogP contribution in [0, 0.1) is 11.6 Å². The largest absolute Gasteiger partial charge is 0.505 e. The van der Waals surface area contributed by atoms with Gasteiger partial charge in [0.05, 0.1) is 6.61 Å². The Morgan fingerprint density at radius 2 is 1.68 bits per heavy atom. The van der Waals surface area contributed by atoms with Crippen LogP contribution < -0.4 is 4.74 Å². The monoisotopic (exact) mass is 396 g/mol. The summed E-state index contributed by atoms with van der Waals surface area (Å²) in [6.07, 6.45) is 2.67. The summed E-state index contributed by atoms with van der Waals surface area (Å²) in [7, 11) is 0. The minimum absolute atomic E-state index is 0.0416. The van der Waals surface area contributed by atoms with Crippen molar-refractivity contribution in [3.63, 3.8) is 0 Å². The van der Waals surface area contributed by atoms with Gasteiger partial charge in [0.25, 0.3) is 0 Å². The van der Waals surface area contributed by atoms with Gasteiger partial charge in [0.15, 0.2) is 23.1 Å². The van der Waals surface area contributed by atoms with Gasteiger partial charge >= 0.3 is 0 Å². The van der Waals surface area contributed by atoms with E-state index in [9.17, 15) is 17.6 Å². The van der Waals surface area contributed by atoms with E-state index in [1.165, 1.54) is 12.2 Å². The van der Waals surface area contributed by atoms with Crippen LogP contribution in [0.25, 0.3) is 0 Å². The highest BCUT2D eigenvalue weighted by Gasteiger charge is 2.16. The second-order valence-electron chi connectivity index (χ2n) is 5.48. The lowest BCUT2D eigenvalue weighted by Gasteiger charge is -2.09. The first-order valence-corrected chi connectivity index (χ1v) is 8.01. The highest BCUT2D eigenvalue weighted by atomic mass is 19.2. The Morgan fingerprint density at radius 3 is 2.29 bits per heavy atom. The van der Waals surface area contributed by atoms with Crippen LogP contribution in [-0.4, -0.2) is 18.3 Å². The first kappa shape index (κ1) is 22.8. The van der Waals surface area contributed by atoms with E-state index in [0.717, 1.165) is 12.1 Å². The molecule has 0 aliphatic carbocycles. The minimum atomic E-state index is -1.43. The predicted octanol–water partition coefficient (Wildman–Crippen LogP) is 5.97. The zero-order valence-electron chi connectivity index (χ0n) is 15.3. The Labute approximate surface area is 160 Å². The van der Waals surface area contributed by atoms with E-state index < -0.39 is 40.5 Å². The van der Waals surface area contributed by atoms with Gasteiger partial charge in [-0.05, 0) is 30.2 Å². The molecule has 0 aliphatic rings. The molecule has 0 atom stereocenters. The van der Waals surface area contributed by atoms with E-state index in [4.69, 9.17) is 14.6 Å². The zero-order chi connectivity index (χ0) is 21.4. The van der Waals surface area contributed by atoms with E-state index in [2.05, 4.69) is 26.3 Å². The van der Waals surface area contributed by atoms with Crippen molar-refractivity contribution in [3.05, 3.63) is 96.4 Å². The van der Waals surface area contributed by atoms with Gasteiger partial charge in [0, 0.05) is 5.57 Å². The predicted molar refractivity (Wildman–Crippen MR) is 100 cm³/mol. The molecule has 0 bridgehead atoms. The van der Waals surface area contributed by atoms with Crippen molar-refractivity contribution in [2.45, 2.75) is 6.92 Å². The van der Waals surface area contributed by atoms with Gasteiger partial charge in [-0.1, -0.05) is 38.5 Å². The maximum absolute atomic E-state index is 14.0. The number of phenolic OH excluding ortho intramolecular Hbond substituents is 1. The Morgan fingerprint density at radius 1 is 1.04 bits per heavy atom. The summed E-state index contributed by atoms with van der Waals surface area (Å²) < 4.78 is 64.6. The number of rotatable bonds is 10. The number of phenols is 1. The molecule has 0 spiro atoms. The normalized spacial score (nSPS) is 11.8. The summed E-state index contributed by atoms with van der Waals surface area (Å²) in [5.74, 6) is -7.04. The van der Waals surface area contributed by atoms with Crippen molar-refractivity contribution in [3.8, 4) is 11.5 Å². The van der Waals surface area contributed by atoms with Crippen molar-refractivity contribution in [1.82, 2.24) is 0 Å². The number of hydrogen-bond donors (Lipinski definition) is 1. The Kier molecular flexibility index (Phi) is 8.31. The molecule has 0 heterocycles. The SMILES string of the molecule is C=C(/C=C\C(=C)C(=C)/C(F)=C(/F)C(=C)OCC)COc1ccc(O)c(F)c1F. The summed E-state index contributed by atoms with van der Waals surface area (Å²) in [5, 5.41) is 9.06. The summed E-state index contributed by atoms with van der Waals surface area (Å²) in [5.41, 5.74) is 0.0142. The van der Waals surface area contributed by atoms with Gasteiger partial charge in [0.2, 0.25) is 17.5 Å². The second-order valence-corrected chi connectivity index (χ2v) is 5.48. The summed E-state index contributed by atoms with van der Waals surface area (Å²) in [6, 6.07) is 2.00. The molecule has 28 heavy (non-hydrogen) atoms. The van der Waals surface area contributed by atoms with E-state index in [0.29, 0.717) is 5.57 Å². The molecule has 0 aliphatic heterocycles. The molecule has 0 aromatic heterocycles. The van der Waals surface area contributed by atoms with Crippen LogP contribution in [0.3, 0.4) is 0 Å². The van der Waals surface area contributed by atoms with Crippen LogP contribution in [0.5, 0.6) is 11.5 Å². The molecule has 1 aromatic rings. The van der Waals surface area contributed by atoms with Gasteiger partial charge in [-0.3, -0.25) is 0 Å². The fourth-order valence-electron chi connectivity index (χ4n) is 1.80. The molecule has 0 amide bonds. The highest BCUT2D eigenvalue weighted by molar-refractivity contribution is 5.49. The molecule has 1 aromatic carbocycles. The summed E-state index contributed by atoms with van der Waals surface area (Å²) >= 11 is 0. The molecule has 1 N–H and O–H groups in total. The highest BCUT2D eigenvalue weighted by Crippen LogP contribution is 2.28. The molecule has 1 rings (SSSR count). The third-order valence-electron chi connectivity index (χ3n) is 3.37. The topological polar surface area (TPSA) is 38.7 Å². The first-order chi connectivity index (χ1) is 13.1. The van der Waals surface area contributed by atoms with Gasteiger partial charge < -0.3 is 14.6 Å². The Balaban J connectivity index is 2.72. The fourth-order valence-corrected chi connectivity index (χ4v) is 1.80. The maximum atomic E-state index is 14.0. The average molecular weight is 396 g/mol. The Bertz CT molecular complexity index is 867. The Hall–Kier alpha value is -3.22.